The molecule has 0 aliphatic heterocycles. The van der Waals surface area contributed by atoms with Gasteiger partial charge in [-0.1, -0.05) is 95.7 Å². The van der Waals surface area contributed by atoms with E-state index in [-0.39, 0.29) is 7.43 Å². The van der Waals surface area contributed by atoms with Crippen molar-refractivity contribution in [3.63, 3.8) is 0 Å². The second-order valence-corrected chi connectivity index (χ2v) is 2.86. The van der Waals surface area contributed by atoms with Crippen molar-refractivity contribution >= 4 is 0 Å². The lowest BCUT2D eigenvalue weighted by molar-refractivity contribution is 1.50. The van der Waals surface area contributed by atoms with Gasteiger partial charge in [-0.05, 0) is 18.1 Å². The molecule has 0 aromatic heterocycles. The topological polar surface area (TPSA) is 0 Å². The van der Waals surface area contributed by atoms with Crippen LogP contribution in [0.2, 0.25) is 0 Å². The van der Waals surface area contributed by atoms with Gasteiger partial charge in [0.1, 0.15) is 0 Å². The number of allylic oxidation sites excluding steroid dienone is 11. The lowest BCUT2D eigenvalue weighted by Crippen LogP contribution is -1.79. The Hall–Kier alpha value is -1.82. The van der Waals surface area contributed by atoms with Gasteiger partial charge in [0.25, 0.3) is 0 Å². The fraction of sp³-hybridized carbons (Fsp3) is 0.222. The van der Waals surface area contributed by atoms with Gasteiger partial charge < -0.3 is 0 Å². The standard InChI is InChI=1S/C15H18.C2H6.CH4/c1-5-8-10-12-14(4)15(11-7-3)13-9-6-2;1-2;/h5-13H,2-4H2,1H3;1-2H3;1H4/b8-5-,12-10-,13-9-,15-11+;;. The first-order valence-electron chi connectivity index (χ1n) is 5.86. The van der Waals surface area contributed by atoms with E-state index in [1.165, 1.54) is 0 Å². The fourth-order valence-corrected chi connectivity index (χ4v) is 0.947. The van der Waals surface area contributed by atoms with Gasteiger partial charge in [0, 0.05) is 0 Å². The summed E-state index contributed by atoms with van der Waals surface area (Å²) >= 11 is 0. The molecule has 0 heterocycles. The summed E-state index contributed by atoms with van der Waals surface area (Å²) in [5.74, 6) is 0. The zero-order valence-electron chi connectivity index (χ0n) is 11.3. The van der Waals surface area contributed by atoms with Gasteiger partial charge in [0.15, 0.2) is 0 Å². The molecule has 0 heteroatoms. The largest absolute Gasteiger partial charge is 0.0991 e. The third kappa shape index (κ3) is 12.3. The molecule has 0 spiro atoms. The van der Waals surface area contributed by atoms with Crippen LogP contribution in [0.1, 0.15) is 28.2 Å². The average molecular weight is 244 g/mol. The summed E-state index contributed by atoms with van der Waals surface area (Å²) in [7, 11) is 0. The maximum Gasteiger partial charge on any atom is -0.0190 e. The highest BCUT2D eigenvalue weighted by atomic mass is 14.0. The molecule has 0 atom stereocenters. The van der Waals surface area contributed by atoms with Crippen LogP contribution >= 0.6 is 0 Å². The van der Waals surface area contributed by atoms with E-state index in [1.807, 2.05) is 63.3 Å². The third-order valence-corrected chi connectivity index (χ3v) is 1.68. The maximum atomic E-state index is 3.98. The lowest BCUT2D eigenvalue weighted by Gasteiger charge is -1.99. The van der Waals surface area contributed by atoms with Gasteiger partial charge >= 0.3 is 0 Å². The third-order valence-electron chi connectivity index (χ3n) is 1.68. The average Bonchev–Trinajstić information content (AvgIpc) is 2.37. The fourth-order valence-electron chi connectivity index (χ4n) is 0.947. The predicted molar refractivity (Wildman–Crippen MR) is 88.8 cm³/mol. The van der Waals surface area contributed by atoms with Crippen LogP contribution in [0.15, 0.2) is 85.6 Å². The van der Waals surface area contributed by atoms with E-state index in [1.54, 1.807) is 12.2 Å². The second kappa shape index (κ2) is 17.6. The van der Waals surface area contributed by atoms with Crippen molar-refractivity contribution in [1.82, 2.24) is 0 Å². The first-order valence-corrected chi connectivity index (χ1v) is 5.86. The van der Waals surface area contributed by atoms with Gasteiger partial charge in [0.05, 0.1) is 0 Å². The van der Waals surface area contributed by atoms with Gasteiger partial charge in [-0.15, -0.1) is 0 Å². The highest BCUT2D eigenvalue weighted by Crippen LogP contribution is 2.11. The Kier molecular flexibility index (Phi) is 21.0. The molecule has 0 radical (unpaired) electrons. The molecule has 0 nitrogen and oxygen atoms in total. The Morgan fingerprint density at radius 1 is 0.889 bits per heavy atom. The number of rotatable bonds is 6. The van der Waals surface area contributed by atoms with Gasteiger partial charge in [-0.2, -0.15) is 0 Å². The monoisotopic (exact) mass is 244 g/mol. The minimum atomic E-state index is 0. The Labute approximate surface area is 114 Å². The highest BCUT2D eigenvalue weighted by Gasteiger charge is 1.92. The molecule has 0 fully saturated rings. The summed E-state index contributed by atoms with van der Waals surface area (Å²) in [6.07, 6.45) is 17.1. The molecular formula is C18H28. The number of hydrogen-bond acceptors (Lipinski definition) is 0. The summed E-state index contributed by atoms with van der Waals surface area (Å²) in [4.78, 5) is 0. The van der Waals surface area contributed by atoms with Crippen LogP contribution in [-0.2, 0) is 0 Å². The molecule has 0 rings (SSSR count). The molecule has 0 aliphatic rings. The molecule has 0 N–H and O–H groups in total. The Morgan fingerprint density at radius 2 is 1.50 bits per heavy atom. The van der Waals surface area contributed by atoms with Crippen LogP contribution < -0.4 is 0 Å². The van der Waals surface area contributed by atoms with E-state index in [2.05, 4.69) is 19.7 Å². The summed E-state index contributed by atoms with van der Waals surface area (Å²) < 4.78 is 0. The van der Waals surface area contributed by atoms with Crippen LogP contribution in [0.5, 0.6) is 0 Å². The zero-order valence-corrected chi connectivity index (χ0v) is 11.3. The molecule has 0 aliphatic carbocycles. The van der Waals surface area contributed by atoms with E-state index in [0.29, 0.717) is 0 Å². The maximum absolute atomic E-state index is 3.98. The van der Waals surface area contributed by atoms with Crippen LogP contribution in [-0.4, -0.2) is 0 Å². The lowest BCUT2D eigenvalue weighted by atomic mass is 10.1. The minimum Gasteiger partial charge on any atom is -0.0991 e. The van der Waals surface area contributed by atoms with Crippen molar-refractivity contribution in [3.8, 4) is 0 Å². The smallest absolute Gasteiger partial charge is 0.0190 e. The Bertz CT molecular complexity index is 333. The van der Waals surface area contributed by atoms with Crippen LogP contribution in [0, 0.1) is 0 Å². The van der Waals surface area contributed by atoms with Crippen LogP contribution in [0.4, 0.5) is 0 Å². The van der Waals surface area contributed by atoms with Crippen LogP contribution in [0.25, 0.3) is 0 Å². The Morgan fingerprint density at radius 3 is 1.94 bits per heavy atom. The van der Waals surface area contributed by atoms with Crippen molar-refractivity contribution in [1.29, 1.82) is 0 Å². The normalized spacial score (nSPS) is 10.9. The van der Waals surface area contributed by atoms with Crippen molar-refractivity contribution < 1.29 is 0 Å². The SMILES string of the molecule is C.C=C/C=C\C(=C/C=C)C(=C)/C=C\C=C/C.CC. The molecule has 0 bridgehead atoms. The summed E-state index contributed by atoms with van der Waals surface area (Å²) in [6.45, 7) is 17.3. The second-order valence-electron chi connectivity index (χ2n) is 2.86. The molecular weight excluding hydrogens is 216 g/mol. The summed E-state index contributed by atoms with van der Waals surface area (Å²) in [5, 5.41) is 0. The summed E-state index contributed by atoms with van der Waals surface area (Å²) in [6, 6.07) is 0. The molecule has 0 saturated heterocycles. The van der Waals surface area contributed by atoms with E-state index in [4.69, 9.17) is 0 Å². The molecule has 100 valence electrons. The predicted octanol–water partition coefficient (Wildman–Crippen LogP) is 6.19. The zero-order chi connectivity index (χ0) is 13.5. The Balaban J connectivity index is -0.000000709. The van der Waals surface area contributed by atoms with Gasteiger partial charge in [-0.3, -0.25) is 0 Å². The number of hydrogen-bond donors (Lipinski definition) is 0. The van der Waals surface area contributed by atoms with Crippen LogP contribution in [0.3, 0.4) is 0 Å². The minimum absolute atomic E-state index is 0. The molecule has 0 aromatic rings. The molecule has 0 saturated carbocycles. The quantitative estimate of drug-likeness (QED) is 0.488. The van der Waals surface area contributed by atoms with Gasteiger partial charge in [0.2, 0.25) is 0 Å². The van der Waals surface area contributed by atoms with Gasteiger partial charge in [-0.25, -0.2) is 0 Å². The molecule has 0 aromatic carbocycles. The van der Waals surface area contributed by atoms with Crippen molar-refractivity contribution in [2.75, 3.05) is 0 Å². The van der Waals surface area contributed by atoms with E-state index in [0.717, 1.165) is 11.1 Å². The van der Waals surface area contributed by atoms with Crippen molar-refractivity contribution in [2.45, 2.75) is 28.2 Å². The summed E-state index contributed by atoms with van der Waals surface area (Å²) in [5.41, 5.74) is 1.98. The first-order chi connectivity index (χ1) is 8.26. The van der Waals surface area contributed by atoms with Crippen molar-refractivity contribution in [3.05, 3.63) is 85.6 Å². The van der Waals surface area contributed by atoms with E-state index in [9.17, 15) is 0 Å². The van der Waals surface area contributed by atoms with E-state index >= 15 is 0 Å². The first kappa shape index (κ1) is 21.5. The molecule has 18 heavy (non-hydrogen) atoms. The van der Waals surface area contributed by atoms with E-state index < -0.39 is 0 Å². The molecule has 0 unspecified atom stereocenters. The highest BCUT2D eigenvalue weighted by molar-refractivity contribution is 5.47. The van der Waals surface area contributed by atoms with Crippen molar-refractivity contribution in [2.24, 2.45) is 0 Å². The molecule has 0 amide bonds.